The average Bonchev–Trinajstić information content (AvgIpc) is 3.73. The van der Waals surface area contributed by atoms with Gasteiger partial charge in [0.15, 0.2) is 0 Å². The van der Waals surface area contributed by atoms with Crippen LogP contribution in [0.4, 0.5) is 33.4 Å². The van der Waals surface area contributed by atoms with Crippen molar-refractivity contribution in [3.63, 3.8) is 0 Å². The largest absolute Gasteiger partial charge is 0.311 e. The maximum Gasteiger partial charge on any atom is 0.276 e. The SMILES string of the molecule is CC(C)(C)c1ccc(-c2nc3c(s2)N(c2c(-c4ccccc4)cccc2-c2ccccc2)c2cc(C(C)(C)C)cc4c2B3c2cc(C(C)(C)C)ccc2N4c2ccc(C(C)(C)C)cc2)cc1. The van der Waals surface area contributed by atoms with E-state index in [1.807, 2.05) is 11.3 Å². The molecular weight excluding hydrogens is 818 g/mol. The standard InChI is InChI=1S/C61H62BN3S/c1-58(2,3)42-28-26-41(27-29-42)56-63-55-57(66-56)65(54-47(39-20-15-13-16-21-39)24-19-25-48(54)40-22-17-14-18-23-40)52-38-45(61(10,11)12)37-51-53(52)62(55)49-36-44(60(7,8)9)32-35-50(49)64(51)46-33-30-43(31-34-46)59(4,5)6/h13-38H,1-12H3. The smallest absolute Gasteiger partial charge is 0.276 e. The number of benzene rings is 7. The predicted molar refractivity (Wildman–Crippen MR) is 287 cm³/mol. The van der Waals surface area contributed by atoms with E-state index >= 15 is 0 Å². The van der Waals surface area contributed by atoms with Crippen LogP contribution in [0.2, 0.25) is 0 Å². The van der Waals surface area contributed by atoms with Crippen LogP contribution in [-0.4, -0.2) is 11.7 Å². The van der Waals surface area contributed by atoms with Crippen LogP contribution in [0.3, 0.4) is 0 Å². The van der Waals surface area contributed by atoms with Crippen molar-refractivity contribution in [3.05, 3.63) is 180 Å². The highest BCUT2D eigenvalue weighted by molar-refractivity contribution is 7.22. The van der Waals surface area contributed by atoms with E-state index in [0.717, 1.165) is 32.5 Å². The molecule has 0 saturated carbocycles. The first-order valence-electron chi connectivity index (χ1n) is 23.7. The molecule has 2 aliphatic rings. The topological polar surface area (TPSA) is 19.4 Å². The minimum absolute atomic E-state index is 0.0330. The summed E-state index contributed by atoms with van der Waals surface area (Å²) in [6.07, 6.45) is 0. The summed E-state index contributed by atoms with van der Waals surface area (Å²) in [5, 5.41) is 2.19. The van der Waals surface area contributed by atoms with Gasteiger partial charge in [0, 0.05) is 39.4 Å². The predicted octanol–water partition coefficient (Wildman–Crippen LogP) is 15.4. The molecule has 66 heavy (non-hydrogen) atoms. The number of anilines is 6. The van der Waals surface area contributed by atoms with Crippen molar-refractivity contribution in [2.75, 3.05) is 9.80 Å². The van der Waals surface area contributed by atoms with Crippen LogP contribution >= 0.6 is 11.3 Å². The molecule has 3 heterocycles. The molecule has 10 rings (SSSR count). The molecule has 0 saturated heterocycles. The number of nitrogens with zero attached hydrogens (tertiary/aromatic N) is 3. The van der Waals surface area contributed by atoms with Gasteiger partial charge < -0.3 is 9.80 Å². The summed E-state index contributed by atoms with van der Waals surface area (Å²) in [4.78, 5) is 11.1. The van der Waals surface area contributed by atoms with E-state index < -0.39 is 0 Å². The minimum atomic E-state index is -0.153. The van der Waals surface area contributed by atoms with Crippen molar-refractivity contribution >= 4 is 68.0 Å². The van der Waals surface area contributed by atoms with Crippen LogP contribution in [0, 0.1) is 0 Å². The Hall–Kier alpha value is -6.17. The Kier molecular flexibility index (Phi) is 10.4. The number of rotatable bonds is 5. The fourth-order valence-electron chi connectivity index (χ4n) is 9.86. The zero-order valence-electron chi connectivity index (χ0n) is 40.8. The Morgan fingerprint density at radius 2 is 0.909 bits per heavy atom. The number of hydrogen-bond acceptors (Lipinski definition) is 4. The van der Waals surface area contributed by atoms with E-state index in [1.165, 1.54) is 72.5 Å². The van der Waals surface area contributed by atoms with Gasteiger partial charge in [0.2, 0.25) is 0 Å². The summed E-state index contributed by atoms with van der Waals surface area (Å²) in [5.74, 6) is 0. The lowest BCUT2D eigenvalue weighted by Gasteiger charge is -2.44. The molecule has 0 spiro atoms. The van der Waals surface area contributed by atoms with Gasteiger partial charge in [0.05, 0.1) is 11.3 Å². The van der Waals surface area contributed by atoms with E-state index in [4.69, 9.17) is 4.98 Å². The minimum Gasteiger partial charge on any atom is -0.311 e. The van der Waals surface area contributed by atoms with Gasteiger partial charge >= 0.3 is 0 Å². The highest BCUT2D eigenvalue weighted by atomic mass is 32.1. The highest BCUT2D eigenvalue weighted by Gasteiger charge is 2.47. The van der Waals surface area contributed by atoms with Crippen LogP contribution < -0.4 is 26.3 Å². The number of hydrogen-bond donors (Lipinski definition) is 0. The Morgan fingerprint density at radius 3 is 1.42 bits per heavy atom. The molecule has 3 nitrogen and oxygen atoms in total. The van der Waals surface area contributed by atoms with Gasteiger partial charge in [-0.1, -0.05) is 222 Å². The lowest BCUT2D eigenvalue weighted by molar-refractivity contribution is 0.589. The van der Waals surface area contributed by atoms with Crippen molar-refractivity contribution in [1.82, 2.24) is 4.98 Å². The maximum absolute atomic E-state index is 5.88. The summed E-state index contributed by atoms with van der Waals surface area (Å²) < 4.78 is 0. The van der Waals surface area contributed by atoms with Crippen molar-refractivity contribution in [3.8, 4) is 32.8 Å². The first-order valence-corrected chi connectivity index (χ1v) is 24.5. The molecule has 7 aromatic carbocycles. The Morgan fingerprint density at radius 1 is 0.424 bits per heavy atom. The lowest BCUT2D eigenvalue weighted by atomic mass is 9.35. The van der Waals surface area contributed by atoms with E-state index in [2.05, 4.69) is 251 Å². The molecule has 5 heteroatoms. The third kappa shape index (κ3) is 7.60. The molecule has 1 aromatic heterocycles. The van der Waals surface area contributed by atoms with Crippen molar-refractivity contribution in [2.45, 2.75) is 105 Å². The second kappa shape index (κ2) is 15.7. The number of thiazole rings is 1. The highest BCUT2D eigenvalue weighted by Crippen LogP contribution is 2.53. The fourth-order valence-corrected chi connectivity index (χ4v) is 11.0. The first kappa shape index (κ1) is 43.7. The van der Waals surface area contributed by atoms with Gasteiger partial charge in [-0.2, -0.15) is 0 Å². The molecule has 8 aromatic rings. The van der Waals surface area contributed by atoms with E-state index in [1.54, 1.807) is 0 Å². The Bertz CT molecular complexity index is 3040. The van der Waals surface area contributed by atoms with Gasteiger partial charge in [-0.05, 0) is 96.3 Å². The first-order chi connectivity index (χ1) is 31.3. The molecule has 0 unspecified atom stereocenters. The molecule has 0 bridgehead atoms. The van der Waals surface area contributed by atoms with Crippen molar-refractivity contribution in [2.24, 2.45) is 0 Å². The summed E-state index contributed by atoms with van der Waals surface area (Å²) >= 11 is 1.83. The second-order valence-electron chi connectivity index (χ2n) is 22.6. The van der Waals surface area contributed by atoms with Gasteiger partial charge in [-0.15, -0.1) is 0 Å². The molecule has 0 radical (unpaired) electrons. The van der Waals surface area contributed by atoms with E-state index in [0.29, 0.717) is 0 Å². The maximum atomic E-state index is 5.88. The van der Waals surface area contributed by atoms with Gasteiger partial charge in [-0.3, -0.25) is 0 Å². The number of para-hydroxylation sites is 1. The third-order valence-corrected chi connectivity index (χ3v) is 14.9. The molecule has 0 amide bonds. The number of aromatic nitrogens is 1. The zero-order valence-corrected chi connectivity index (χ0v) is 41.7. The van der Waals surface area contributed by atoms with Gasteiger partial charge in [0.1, 0.15) is 10.0 Å². The molecule has 0 N–H and O–H groups in total. The summed E-state index contributed by atoms with van der Waals surface area (Å²) in [5.41, 5.74) is 20.6. The quantitative estimate of drug-likeness (QED) is 0.161. The number of fused-ring (bicyclic) bond motifs is 4. The van der Waals surface area contributed by atoms with Crippen LogP contribution in [0.25, 0.3) is 32.8 Å². The molecule has 0 aliphatic carbocycles. The van der Waals surface area contributed by atoms with Gasteiger partial charge in [0.25, 0.3) is 6.71 Å². The zero-order chi connectivity index (χ0) is 46.5. The monoisotopic (exact) mass is 879 g/mol. The van der Waals surface area contributed by atoms with E-state index in [9.17, 15) is 0 Å². The van der Waals surface area contributed by atoms with Crippen LogP contribution in [0.15, 0.2) is 158 Å². The fraction of sp³-hybridized carbons (Fsp3) is 0.262. The molecule has 2 aliphatic heterocycles. The van der Waals surface area contributed by atoms with Crippen LogP contribution in [-0.2, 0) is 21.7 Å². The third-order valence-electron chi connectivity index (χ3n) is 13.7. The molecular formula is C61H62BN3S. The summed E-state index contributed by atoms with van der Waals surface area (Å²) in [6, 6.07) is 59.5. The second-order valence-corrected chi connectivity index (χ2v) is 23.6. The van der Waals surface area contributed by atoms with Crippen molar-refractivity contribution in [1.29, 1.82) is 0 Å². The Balaban J connectivity index is 1.35. The molecule has 0 atom stereocenters. The molecule has 330 valence electrons. The summed E-state index contributed by atoms with van der Waals surface area (Å²) in [6.45, 7) is 27.7. The summed E-state index contributed by atoms with van der Waals surface area (Å²) in [7, 11) is 0. The van der Waals surface area contributed by atoms with Gasteiger partial charge in [-0.25, -0.2) is 4.98 Å². The molecule has 0 fully saturated rings. The van der Waals surface area contributed by atoms with E-state index in [-0.39, 0.29) is 28.4 Å². The average molecular weight is 880 g/mol. The normalized spacial score (nSPS) is 13.7. The Labute approximate surface area is 398 Å². The van der Waals surface area contributed by atoms with Crippen molar-refractivity contribution < 1.29 is 0 Å². The lowest BCUT2D eigenvalue weighted by Crippen LogP contribution is -2.62. The van der Waals surface area contributed by atoms with Crippen LogP contribution in [0.1, 0.15) is 105 Å². The van der Waals surface area contributed by atoms with Crippen LogP contribution in [0.5, 0.6) is 0 Å².